The van der Waals surface area contributed by atoms with Crippen LogP contribution in [-0.4, -0.2) is 0 Å². The zero-order valence-corrected chi connectivity index (χ0v) is 8.72. The van der Waals surface area contributed by atoms with Crippen molar-refractivity contribution in [3.63, 3.8) is 0 Å². The van der Waals surface area contributed by atoms with Gasteiger partial charge in [0.15, 0.2) is 0 Å². The fourth-order valence-corrected chi connectivity index (χ4v) is 1.36. The monoisotopic (exact) mass is 166 g/mol. The standard InChI is InChI=1S/C12H22/c1-5-7-8-10-12(4)11(3)9-6-2/h5,7-8,11-12H,1,6,9-10H2,2-4H3. The number of hydrogen-bond donors (Lipinski definition) is 0. The molecule has 0 aliphatic rings. The molecule has 0 aromatic carbocycles. The minimum Gasteiger partial charge on any atom is -0.0991 e. The Labute approximate surface area is 77.4 Å². The average molecular weight is 166 g/mol. The van der Waals surface area contributed by atoms with Crippen LogP contribution in [0, 0.1) is 11.8 Å². The molecule has 0 aliphatic carbocycles. The molecule has 0 radical (unpaired) electrons. The molecule has 70 valence electrons. The fraction of sp³-hybridized carbons (Fsp3) is 0.667. The van der Waals surface area contributed by atoms with Gasteiger partial charge in [-0.1, -0.05) is 58.4 Å². The first-order valence-electron chi connectivity index (χ1n) is 4.99. The van der Waals surface area contributed by atoms with E-state index >= 15 is 0 Å². The quantitative estimate of drug-likeness (QED) is 0.519. The largest absolute Gasteiger partial charge is 0.0991 e. The van der Waals surface area contributed by atoms with E-state index in [1.54, 1.807) is 0 Å². The third-order valence-electron chi connectivity index (χ3n) is 2.50. The summed E-state index contributed by atoms with van der Waals surface area (Å²) >= 11 is 0. The van der Waals surface area contributed by atoms with E-state index in [2.05, 4.69) is 33.4 Å². The Balaban J connectivity index is 3.62. The maximum Gasteiger partial charge on any atom is -0.0319 e. The highest BCUT2D eigenvalue weighted by Crippen LogP contribution is 2.19. The maximum absolute atomic E-state index is 3.65. The fourth-order valence-electron chi connectivity index (χ4n) is 1.36. The molecule has 0 spiro atoms. The van der Waals surface area contributed by atoms with E-state index in [0.717, 1.165) is 11.8 Å². The molecule has 0 aromatic rings. The first-order chi connectivity index (χ1) is 5.72. The molecule has 2 unspecified atom stereocenters. The highest BCUT2D eigenvalue weighted by atomic mass is 14.1. The Morgan fingerprint density at radius 1 is 1.25 bits per heavy atom. The van der Waals surface area contributed by atoms with Gasteiger partial charge in [0.1, 0.15) is 0 Å². The number of rotatable bonds is 6. The van der Waals surface area contributed by atoms with E-state index in [0.29, 0.717) is 0 Å². The van der Waals surface area contributed by atoms with E-state index in [-0.39, 0.29) is 0 Å². The minimum absolute atomic E-state index is 0.807. The molecule has 0 nitrogen and oxygen atoms in total. The van der Waals surface area contributed by atoms with E-state index in [9.17, 15) is 0 Å². The van der Waals surface area contributed by atoms with Crippen LogP contribution in [0.15, 0.2) is 24.8 Å². The molecular weight excluding hydrogens is 144 g/mol. The van der Waals surface area contributed by atoms with Gasteiger partial charge in [0.25, 0.3) is 0 Å². The lowest BCUT2D eigenvalue weighted by molar-refractivity contribution is 0.364. The molecule has 0 saturated heterocycles. The lowest BCUT2D eigenvalue weighted by Crippen LogP contribution is -2.06. The summed E-state index contributed by atoms with van der Waals surface area (Å²) in [6.45, 7) is 10.6. The maximum atomic E-state index is 3.65. The summed E-state index contributed by atoms with van der Waals surface area (Å²) in [5, 5.41) is 0. The van der Waals surface area contributed by atoms with Gasteiger partial charge in [-0.2, -0.15) is 0 Å². The summed E-state index contributed by atoms with van der Waals surface area (Å²) in [6.07, 6.45) is 9.93. The van der Waals surface area contributed by atoms with E-state index in [1.807, 2.05) is 12.2 Å². The smallest absolute Gasteiger partial charge is 0.0319 e. The van der Waals surface area contributed by atoms with E-state index < -0.39 is 0 Å². The molecule has 0 aliphatic heterocycles. The van der Waals surface area contributed by atoms with Crippen LogP contribution in [0.4, 0.5) is 0 Å². The van der Waals surface area contributed by atoms with Crippen LogP contribution in [0.25, 0.3) is 0 Å². The van der Waals surface area contributed by atoms with Gasteiger partial charge in [0.2, 0.25) is 0 Å². The van der Waals surface area contributed by atoms with Gasteiger partial charge in [-0.05, 0) is 18.3 Å². The van der Waals surface area contributed by atoms with Crippen molar-refractivity contribution in [2.24, 2.45) is 11.8 Å². The van der Waals surface area contributed by atoms with E-state index in [1.165, 1.54) is 19.3 Å². The summed E-state index contributed by atoms with van der Waals surface area (Å²) < 4.78 is 0. The van der Waals surface area contributed by atoms with Gasteiger partial charge in [0.05, 0.1) is 0 Å². The predicted molar refractivity (Wildman–Crippen MR) is 57.2 cm³/mol. The highest BCUT2D eigenvalue weighted by molar-refractivity contribution is 4.97. The highest BCUT2D eigenvalue weighted by Gasteiger charge is 2.08. The van der Waals surface area contributed by atoms with Crippen LogP contribution in [0.5, 0.6) is 0 Å². The van der Waals surface area contributed by atoms with Gasteiger partial charge in [-0.25, -0.2) is 0 Å². The summed E-state index contributed by atoms with van der Waals surface area (Å²) in [4.78, 5) is 0. The minimum atomic E-state index is 0.807. The van der Waals surface area contributed by atoms with E-state index in [4.69, 9.17) is 0 Å². The summed E-state index contributed by atoms with van der Waals surface area (Å²) in [7, 11) is 0. The van der Waals surface area contributed by atoms with Crippen molar-refractivity contribution in [1.29, 1.82) is 0 Å². The first kappa shape index (κ1) is 11.5. The van der Waals surface area contributed by atoms with Crippen molar-refractivity contribution in [3.8, 4) is 0 Å². The van der Waals surface area contributed by atoms with Gasteiger partial charge < -0.3 is 0 Å². The van der Waals surface area contributed by atoms with Crippen LogP contribution in [0.3, 0.4) is 0 Å². The number of hydrogen-bond acceptors (Lipinski definition) is 0. The van der Waals surface area contributed by atoms with Gasteiger partial charge in [-0.15, -0.1) is 0 Å². The van der Waals surface area contributed by atoms with Crippen molar-refractivity contribution < 1.29 is 0 Å². The normalized spacial score (nSPS) is 16.2. The SMILES string of the molecule is C=CC=CCC(C)C(C)CCC. The second kappa shape index (κ2) is 7.15. The Morgan fingerprint density at radius 3 is 2.42 bits per heavy atom. The van der Waals surface area contributed by atoms with Crippen molar-refractivity contribution in [3.05, 3.63) is 24.8 Å². The molecule has 0 aromatic heterocycles. The molecule has 0 rings (SSSR count). The van der Waals surface area contributed by atoms with Crippen LogP contribution in [-0.2, 0) is 0 Å². The summed E-state index contributed by atoms with van der Waals surface area (Å²) in [5.74, 6) is 1.66. The number of allylic oxidation sites excluding steroid dienone is 3. The van der Waals surface area contributed by atoms with Crippen LogP contribution >= 0.6 is 0 Å². The molecule has 0 saturated carbocycles. The first-order valence-corrected chi connectivity index (χ1v) is 4.99. The lowest BCUT2D eigenvalue weighted by atomic mass is 9.89. The van der Waals surface area contributed by atoms with Crippen molar-refractivity contribution >= 4 is 0 Å². The van der Waals surface area contributed by atoms with Crippen LogP contribution < -0.4 is 0 Å². The summed E-state index contributed by atoms with van der Waals surface area (Å²) in [5.41, 5.74) is 0. The third-order valence-corrected chi connectivity index (χ3v) is 2.50. The molecule has 0 heteroatoms. The Hall–Kier alpha value is -0.520. The van der Waals surface area contributed by atoms with Crippen molar-refractivity contribution in [2.45, 2.75) is 40.0 Å². The average Bonchev–Trinajstić information content (AvgIpc) is 2.05. The zero-order valence-electron chi connectivity index (χ0n) is 8.72. The van der Waals surface area contributed by atoms with Gasteiger partial charge >= 0.3 is 0 Å². The Kier molecular flexibility index (Phi) is 6.84. The zero-order chi connectivity index (χ0) is 9.40. The van der Waals surface area contributed by atoms with Crippen molar-refractivity contribution in [2.75, 3.05) is 0 Å². The molecule has 0 amide bonds. The molecule has 0 heterocycles. The molecule has 0 N–H and O–H groups in total. The molecular formula is C12H22. The third kappa shape index (κ3) is 5.17. The van der Waals surface area contributed by atoms with Crippen LogP contribution in [0.2, 0.25) is 0 Å². The predicted octanol–water partition coefficient (Wildman–Crippen LogP) is 4.19. The van der Waals surface area contributed by atoms with Gasteiger partial charge in [-0.3, -0.25) is 0 Å². The molecule has 12 heavy (non-hydrogen) atoms. The molecule has 0 fully saturated rings. The summed E-state index contributed by atoms with van der Waals surface area (Å²) in [6, 6.07) is 0. The van der Waals surface area contributed by atoms with Crippen LogP contribution in [0.1, 0.15) is 40.0 Å². The second-order valence-electron chi connectivity index (χ2n) is 3.64. The van der Waals surface area contributed by atoms with Gasteiger partial charge in [0, 0.05) is 0 Å². The molecule has 2 atom stereocenters. The van der Waals surface area contributed by atoms with Crippen molar-refractivity contribution in [1.82, 2.24) is 0 Å². The second-order valence-corrected chi connectivity index (χ2v) is 3.64. The molecule has 0 bridgehead atoms. The Bertz CT molecular complexity index is 133. The topological polar surface area (TPSA) is 0 Å². The Morgan fingerprint density at radius 2 is 1.92 bits per heavy atom. The lowest BCUT2D eigenvalue weighted by Gasteiger charge is -2.17.